The van der Waals surface area contributed by atoms with E-state index in [4.69, 9.17) is 15.2 Å². The first-order chi connectivity index (χ1) is 6.86. The molecule has 4 nitrogen and oxygen atoms in total. The van der Waals surface area contributed by atoms with Crippen molar-refractivity contribution in [3.63, 3.8) is 0 Å². The number of nitrogens with one attached hydrogen (secondary N) is 1. The molecule has 14 heavy (non-hydrogen) atoms. The van der Waals surface area contributed by atoms with Gasteiger partial charge in [0.15, 0.2) is 0 Å². The average molecular weight is 202 g/mol. The smallest absolute Gasteiger partial charge is 0.0604 e. The Morgan fingerprint density at radius 3 is 2.79 bits per heavy atom. The number of hydrogen-bond acceptors (Lipinski definition) is 4. The molecule has 0 heterocycles. The molecule has 0 saturated heterocycles. The van der Waals surface area contributed by atoms with Crippen molar-refractivity contribution >= 4 is 0 Å². The lowest BCUT2D eigenvalue weighted by Gasteiger charge is -2.35. The van der Waals surface area contributed by atoms with Crippen LogP contribution in [0.5, 0.6) is 0 Å². The van der Waals surface area contributed by atoms with Crippen LogP contribution < -0.4 is 11.1 Å². The minimum absolute atomic E-state index is 0.488. The summed E-state index contributed by atoms with van der Waals surface area (Å²) in [4.78, 5) is 0. The van der Waals surface area contributed by atoms with Gasteiger partial charge in [-0.15, -0.1) is 0 Å². The second kappa shape index (κ2) is 7.17. The molecule has 0 radical (unpaired) electrons. The predicted molar refractivity (Wildman–Crippen MR) is 56.3 cm³/mol. The standard InChI is InChI=1S/C10H22N2O2/c1-2-14-10-7-9(8-10)12-4-6-13-5-3-11/h9-10,12H,2-8,11H2,1H3. The number of nitrogens with two attached hydrogens (primary N) is 1. The monoisotopic (exact) mass is 202 g/mol. The lowest BCUT2D eigenvalue weighted by Crippen LogP contribution is -2.46. The lowest BCUT2D eigenvalue weighted by molar-refractivity contribution is -0.0113. The number of hydrogen-bond donors (Lipinski definition) is 2. The van der Waals surface area contributed by atoms with Gasteiger partial charge in [-0.3, -0.25) is 0 Å². The Balaban J connectivity index is 1.81. The van der Waals surface area contributed by atoms with E-state index in [1.54, 1.807) is 0 Å². The molecule has 0 aromatic heterocycles. The van der Waals surface area contributed by atoms with Crippen molar-refractivity contribution in [2.75, 3.05) is 32.9 Å². The van der Waals surface area contributed by atoms with Gasteiger partial charge in [0.2, 0.25) is 0 Å². The number of rotatable bonds is 8. The molecule has 1 aliphatic carbocycles. The van der Waals surface area contributed by atoms with E-state index >= 15 is 0 Å². The summed E-state index contributed by atoms with van der Waals surface area (Å²) in [6, 6.07) is 0.632. The summed E-state index contributed by atoms with van der Waals surface area (Å²) in [5.74, 6) is 0. The van der Waals surface area contributed by atoms with Crippen LogP contribution in [0.3, 0.4) is 0 Å². The van der Waals surface area contributed by atoms with E-state index in [1.165, 1.54) is 0 Å². The van der Waals surface area contributed by atoms with Gasteiger partial charge < -0.3 is 20.5 Å². The number of ether oxygens (including phenoxy) is 2. The molecule has 0 aromatic rings. The molecule has 1 aliphatic rings. The van der Waals surface area contributed by atoms with Gasteiger partial charge in [0.05, 0.1) is 19.3 Å². The Kier molecular flexibility index (Phi) is 6.10. The second-order valence-electron chi connectivity index (χ2n) is 3.60. The Labute approximate surface area is 86.1 Å². The Hall–Kier alpha value is -0.160. The van der Waals surface area contributed by atoms with E-state index in [9.17, 15) is 0 Å². The maximum Gasteiger partial charge on any atom is 0.0604 e. The van der Waals surface area contributed by atoms with Crippen molar-refractivity contribution in [2.24, 2.45) is 5.73 Å². The van der Waals surface area contributed by atoms with E-state index in [1.807, 2.05) is 6.92 Å². The van der Waals surface area contributed by atoms with Crippen molar-refractivity contribution in [1.82, 2.24) is 5.32 Å². The van der Waals surface area contributed by atoms with Crippen molar-refractivity contribution in [2.45, 2.75) is 31.9 Å². The third kappa shape index (κ3) is 4.37. The fraction of sp³-hybridized carbons (Fsp3) is 1.00. The minimum Gasteiger partial charge on any atom is -0.379 e. The van der Waals surface area contributed by atoms with E-state index in [2.05, 4.69) is 5.32 Å². The molecule has 4 heteroatoms. The van der Waals surface area contributed by atoms with Crippen LogP contribution in [0.4, 0.5) is 0 Å². The molecule has 1 rings (SSSR count). The van der Waals surface area contributed by atoms with Crippen LogP contribution in [0.15, 0.2) is 0 Å². The molecule has 0 bridgehead atoms. The maximum atomic E-state index is 5.47. The van der Waals surface area contributed by atoms with Crippen LogP contribution >= 0.6 is 0 Å². The highest BCUT2D eigenvalue weighted by Crippen LogP contribution is 2.22. The Bertz CT molecular complexity index is 138. The van der Waals surface area contributed by atoms with Crippen molar-refractivity contribution in [3.05, 3.63) is 0 Å². The van der Waals surface area contributed by atoms with Gasteiger partial charge in [0, 0.05) is 25.7 Å². The molecule has 0 spiro atoms. The van der Waals surface area contributed by atoms with Gasteiger partial charge in [0.25, 0.3) is 0 Å². The van der Waals surface area contributed by atoms with E-state index in [-0.39, 0.29) is 0 Å². The molecular formula is C10H22N2O2. The SMILES string of the molecule is CCOC1CC(NCCOCCN)C1. The zero-order valence-corrected chi connectivity index (χ0v) is 9.00. The summed E-state index contributed by atoms with van der Waals surface area (Å²) in [7, 11) is 0. The van der Waals surface area contributed by atoms with Crippen molar-refractivity contribution < 1.29 is 9.47 Å². The van der Waals surface area contributed by atoms with Gasteiger partial charge in [0.1, 0.15) is 0 Å². The van der Waals surface area contributed by atoms with Crippen molar-refractivity contribution in [3.8, 4) is 0 Å². The topological polar surface area (TPSA) is 56.5 Å². The molecule has 0 amide bonds. The van der Waals surface area contributed by atoms with Gasteiger partial charge >= 0.3 is 0 Å². The van der Waals surface area contributed by atoms with Crippen LogP contribution in [0.2, 0.25) is 0 Å². The Morgan fingerprint density at radius 2 is 2.14 bits per heavy atom. The summed E-state index contributed by atoms with van der Waals surface area (Å²) < 4.78 is 10.7. The molecule has 1 saturated carbocycles. The highest BCUT2D eigenvalue weighted by Gasteiger charge is 2.28. The molecular weight excluding hydrogens is 180 g/mol. The van der Waals surface area contributed by atoms with E-state index in [0.29, 0.717) is 25.3 Å². The van der Waals surface area contributed by atoms with E-state index in [0.717, 1.165) is 32.6 Å². The summed E-state index contributed by atoms with van der Waals surface area (Å²) >= 11 is 0. The van der Waals surface area contributed by atoms with Crippen LogP contribution in [-0.2, 0) is 9.47 Å². The van der Waals surface area contributed by atoms with Gasteiger partial charge in [-0.05, 0) is 19.8 Å². The third-order valence-corrected chi connectivity index (χ3v) is 2.44. The summed E-state index contributed by atoms with van der Waals surface area (Å²) in [5, 5.41) is 3.42. The minimum atomic E-state index is 0.488. The summed E-state index contributed by atoms with van der Waals surface area (Å²) in [6.45, 7) is 5.82. The Morgan fingerprint density at radius 1 is 1.36 bits per heavy atom. The molecule has 84 valence electrons. The van der Waals surface area contributed by atoms with Crippen LogP contribution in [0.1, 0.15) is 19.8 Å². The first-order valence-electron chi connectivity index (χ1n) is 5.49. The zero-order valence-electron chi connectivity index (χ0n) is 9.00. The highest BCUT2D eigenvalue weighted by atomic mass is 16.5. The second-order valence-corrected chi connectivity index (χ2v) is 3.60. The molecule has 3 N–H and O–H groups in total. The fourth-order valence-electron chi connectivity index (χ4n) is 1.62. The maximum absolute atomic E-state index is 5.47. The quantitative estimate of drug-likeness (QED) is 0.549. The molecule has 0 aromatic carbocycles. The largest absolute Gasteiger partial charge is 0.379 e. The predicted octanol–water partition coefficient (Wildman–Crippen LogP) is 0.119. The molecule has 0 unspecified atom stereocenters. The molecule has 0 atom stereocenters. The summed E-state index contributed by atoms with van der Waals surface area (Å²) in [6.07, 6.45) is 2.78. The molecule has 1 fully saturated rings. The van der Waals surface area contributed by atoms with Gasteiger partial charge in [-0.25, -0.2) is 0 Å². The first kappa shape index (κ1) is 11.9. The highest BCUT2D eigenvalue weighted by molar-refractivity contribution is 4.85. The fourth-order valence-corrected chi connectivity index (χ4v) is 1.62. The van der Waals surface area contributed by atoms with Crippen LogP contribution in [0.25, 0.3) is 0 Å². The first-order valence-corrected chi connectivity index (χ1v) is 5.49. The van der Waals surface area contributed by atoms with Crippen LogP contribution in [0, 0.1) is 0 Å². The third-order valence-electron chi connectivity index (χ3n) is 2.44. The van der Waals surface area contributed by atoms with E-state index < -0.39 is 0 Å². The van der Waals surface area contributed by atoms with Gasteiger partial charge in [-0.1, -0.05) is 0 Å². The lowest BCUT2D eigenvalue weighted by atomic mass is 9.89. The molecule has 0 aliphatic heterocycles. The van der Waals surface area contributed by atoms with Gasteiger partial charge in [-0.2, -0.15) is 0 Å². The summed E-state index contributed by atoms with van der Waals surface area (Å²) in [5.41, 5.74) is 5.30. The average Bonchev–Trinajstić information content (AvgIpc) is 2.13. The van der Waals surface area contributed by atoms with Crippen molar-refractivity contribution in [1.29, 1.82) is 0 Å². The normalized spacial score (nSPS) is 26.1. The van der Waals surface area contributed by atoms with Crippen LogP contribution in [-0.4, -0.2) is 45.1 Å². The zero-order chi connectivity index (χ0) is 10.2.